The van der Waals surface area contributed by atoms with Crippen molar-refractivity contribution in [3.8, 4) is 0 Å². The van der Waals surface area contributed by atoms with E-state index in [9.17, 15) is 9.59 Å². The molecule has 3 amide bonds. The second kappa shape index (κ2) is 6.77. The normalized spacial score (nSPS) is 25.0. The van der Waals surface area contributed by atoms with Gasteiger partial charge in [0.1, 0.15) is 0 Å². The number of benzene rings is 1. The third-order valence-corrected chi connectivity index (χ3v) is 6.49. The number of anilines is 1. The van der Waals surface area contributed by atoms with Gasteiger partial charge in [-0.25, -0.2) is 4.79 Å². The van der Waals surface area contributed by atoms with E-state index in [1.165, 1.54) is 12.8 Å². The molecule has 3 fully saturated rings. The van der Waals surface area contributed by atoms with Gasteiger partial charge in [-0.3, -0.25) is 14.8 Å². The predicted molar refractivity (Wildman–Crippen MR) is 106 cm³/mol. The highest BCUT2D eigenvalue weighted by Crippen LogP contribution is 2.31. The maximum Gasteiger partial charge on any atom is 0.319 e. The fourth-order valence-electron chi connectivity index (χ4n) is 4.93. The molecule has 3 heterocycles. The molecule has 1 aliphatic carbocycles. The summed E-state index contributed by atoms with van der Waals surface area (Å²) in [5.41, 5.74) is 1.90. The Kier molecular flexibility index (Phi) is 4.23. The van der Waals surface area contributed by atoms with E-state index < -0.39 is 0 Å². The lowest BCUT2D eigenvalue weighted by Crippen LogP contribution is -2.47. The maximum atomic E-state index is 13.1. The van der Waals surface area contributed by atoms with Crippen molar-refractivity contribution < 1.29 is 9.59 Å². The summed E-state index contributed by atoms with van der Waals surface area (Å²) in [4.78, 5) is 29.6. The number of hydrogen-bond donors (Lipinski definition) is 3. The molecule has 148 valence electrons. The molecule has 8 nitrogen and oxygen atoms in total. The minimum atomic E-state index is -0.192. The average molecular weight is 382 g/mol. The number of hydrogen-bond acceptors (Lipinski definition) is 4. The van der Waals surface area contributed by atoms with Crippen molar-refractivity contribution in [3.05, 3.63) is 23.9 Å². The largest absolute Gasteiger partial charge is 0.335 e. The summed E-state index contributed by atoms with van der Waals surface area (Å²) in [5, 5.41) is 13.9. The number of likely N-dealkylation sites (tertiary alicyclic amines) is 2. The predicted octanol–water partition coefficient (Wildman–Crippen LogP) is 2.16. The van der Waals surface area contributed by atoms with Crippen molar-refractivity contribution in [3.63, 3.8) is 0 Å². The first kappa shape index (κ1) is 17.5. The van der Waals surface area contributed by atoms with Crippen molar-refractivity contribution in [2.75, 3.05) is 25.5 Å². The summed E-state index contributed by atoms with van der Waals surface area (Å²) in [6.07, 6.45) is 5.47. The molecular formula is C20H26N6O2. The van der Waals surface area contributed by atoms with Gasteiger partial charge in [0.05, 0.1) is 5.52 Å². The molecule has 1 aromatic heterocycles. The number of H-pyrrole nitrogens is 1. The highest BCUT2D eigenvalue weighted by atomic mass is 16.2. The molecule has 2 bridgehead atoms. The zero-order valence-corrected chi connectivity index (χ0v) is 16.1. The average Bonchev–Trinajstić information content (AvgIpc) is 3.44. The van der Waals surface area contributed by atoms with Crippen molar-refractivity contribution in [1.29, 1.82) is 0 Å². The van der Waals surface area contributed by atoms with E-state index >= 15 is 0 Å². The summed E-state index contributed by atoms with van der Waals surface area (Å²) < 4.78 is 0. The highest BCUT2D eigenvalue weighted by Gasteiger charge is 2.44. The zero-order chi connectivity index (χ0) is 19.3. The quantitative estimate of drug-likeness (QED) is 0.758. The van der Waals surface area contributed by atoms with E-state index in [2.05, 4.69) is 32.8 Å². The SMILES string of the molecule is CN1C[C@@H]2C[C@H]1CN2C(=O)c1n[nH]c2ccc(NC(=O)NC3CCCC3)cc12. The lowest BCUT2D eigenvalue weighted by atomic mass is 10.1. The van der Waals surface area contributed by atoms with Crippen molar-refractivity contribution in [2.45, 2.75) is 50.2 Å². The van der Waals surface area contributed by atoms with Crippen molar-refractivity contribution in [1.82, 2.24) is 25.3 Å². The first-order valence-corrected chi connectivity index (χ1v) is 10.2. The number of likely N-dealkylation sites (N-methyl/N-ethyl adjacent to an activating group) is 1. The molecule has 1 aromatic carbocycles. The van der Waals surface area contributed by atoms with Crippen LogP contribution in [0.25, 0.3) is 10.9 Å². The van der Waals surface area contributed by atoms with E-state index in [4.69, 9.17) is 0 Å². The molecule has 2 saturated heterocycles. The Morgan fingerprint density at radius 2 is 2.00 bits per heavy atom. The number of aromatic nitrogens is 2. The molecule has 0 unspecified atom stereocenters. The van der Waals surface area contributed by atoms with Crippen LogP contribution in [-0.4, -0.2) is 70.2 Å². The Morgan fingerprint density at radius 3 is 2.71 bits per heavy atom. The number of piperazine rings is 1. The highest BCUT2D eigenvalue weighted by molar-refractivity contribution is 6.06. The molecule has 0 radical (unpaired) electrons. The molecule has 3 aliphatic rings. The van der Waals surface area contributed by atoms with Gasteiger partial charge in [-0.2, -0.15) is 5.10 Å². The van der Waals surface area contributed by atoms with Gasteiger partial charge in [0.25, 0.3) is 5.91 Å². The monoisotopic (exact) mass is 382 g/mol. The van der Waals surface area contributed by atoms with Crippen LogP contribution in [0.2, 0.25) is 0 Å². The van der Waals surface area contributed by atoms with Crippen molar-refractivity contribution >= 4 is 28.5 Å². The van der Waals surface area contributed by atoms with Crippen LogP contribution in [0.15, 0.2) is 18.2 Å². The number of fused-ring (bicyclic) bond motifs is 3. The van der Waals surface area contributed by atoms with Crippen LogP contribution in [0.5, 0.6) is 0 Å². The third-order valence-electron chi connectivity index (χ3n) is 6.49. The van der Waals surface area contributed by atoms with Crippen molar-refractivity contribution in [2.24, 2.45) is 0 Å². The Labute approximate surface area is 163 Å². The summed E-state index contributed by atoms with van der Waals surface area (Å²) in [7, 11) is 2.12. The van der Waals surface area contributed by atoms with E-state index in [1.54, 1.807) is 0 Å². The topological polar surface area (TPSA) is 93.4 Å². The minimum Gasteiger partial charge on any atom is -0.335 e. The number of rotatable bonds is 3. The zero-order valence-electron chi connectivity index (χ0n) is 16.1. The maximum absolute atomic E-state index is 13.1. The van der Waals surface area contributed by atoms with Gasteiger partial charge in [0, 0.05) is 42.3 Å². The fourth-order valence-corrected chi connectivity index (χ4v) is 4.93. The molecule has 2 aliphatic heterocycles. The molecular weight excluding hydrogens is 356 g/mol. The molecule has 28 heavy (non-hydrogen) atoms. The van der Waals surface area contributed by atoms with Crippen LogP contribution in [-0.2, 0) is 0 Å². The van der Waals surface area contributed by atoms with Crippen LogP contribution in [0, 0.1) is 0 Å². The second-order valence-corrected chi connectivity index (χ2v) is 8.35. The van der Waals surface area contributed by atoms with Gasteiger partial charge >= 0.3 is 6.03 Å². The van der Waals surface area contributed by atoms with Crippen LogP contribution in [0.4, 0.5) is 10.5 Å². The van der Waals surface area contributed by atoms with E-state index in [0.29, 0.717) is 17.4 Å². The summed E-state index contributed by atoms with van der Waals surface area (Å²) in [6, 6.07) is 6.31. The molecule has 2 atom stereocenters. The Bertz CT molecular complexity index is 917. The third kappa shape index (κ3) is 3.01. The van der Waals surface area contributed by atoms with Crippen LogP contribution in [0.3, 0.4) is 0 Å². The number of nitrogens with one attached hydrogen (secondary N) is 3. The molecule has 2 aromatic rings. The first-order valence-electron chi connectivity index (χ1n) is 10.2. The van der Waals surface area contributed by atoms with Gasteiger partial charge in [0.2, 0.25) is 0 Å². The number of amides is 3. The molecule has 3 N–H and O–H groups in total. The first-order chi connectivity index (χ1) is 13.6. The van der Waals surface area contributed by atoms with E-state index in [0.717, 1.165) is 43.3 Å². The number of carbonyl (C=O) groups excluding carboxylic acids is 2. The summed E-state index contributed by atoms with van der Waals surface area (Å²) >= 11 is 0. The minimum absolute atomic E-state index is 0.0283. The fraction of sp³-hybridized carbons (Fsp3) is 0.550. The Hall–Kier alpha value is -2.61. The summed E-state index contributed by atoms with van der Waals surface area (Å²) in [5.74, 6) is -0.0283. The van der Waals surface area contributed by atoms with Crippen LogP contribution < -0.4 is 10.6 Å². The molecule has 8 heteroatoms. The number of nitrogens with zero attached hydrogens (tertiary/aromatic N) is 3. The van der Waals surface area contributed by atoms with Crippen LogP contribution >= 0.6 is 0 Å². The standard InChI is InChI=1S/C20H26N6O2/c1-25-10-15-9-14(25)11-26(15)19(27)18-16-8-13(6-7-17(16)23-24-18)22-20(28)21-12-4-2-3-5-12/h6-8,12,14-15H,2-5,9-11H2,1H3,(H,23,24)(H2,21,22,28)/t14-,15-/m0/s1. The lowest BCUT2D eigenvalue weighted by Gasteiger charge is -2.31. The Morgan fingerprint density at radius 1 is 1.18 bits per heavy atom. The second-order valence-electron chi connectivity index (χ2n) is 8.35. The van der Waals surface area contributed by atoms with Gasteiger partial charge in [-0.05, 0) is 44.5 Å². The van der Waals surface area contributed by atoms with Gasteiger partial charge in [-0.15, -0.1) is 0 Å². The molecule has 1 saturated carbocycles. The lowest BCUT2D eigenvalue weighted by molar-refractivity contribution is 0.0646. The smallest absolute Gasteiger partial charge is 0.319 e. The van der Waals surface area contributed by atoms with E-state index in [-0.39, 0.29) is 24.0 Å². The molecule has 5 rings (SSSR count). The van der Waals surface area contributed by atoms with E-state index in [1.807, 2.05) is 23.1 Å². The van der Waals surface area contributed by atoms with Gasteiger partial charge in [0.15, 0.2) is 5.69 Å². The van der Waals surface area contributed by atoms with Crippen LogP contribution in [0.1, 0.15) is 42.6 Å². The van der Waals surface area contributed by atoms with Gasteiger partial charge in [-0.1, -0.05) is 12.8 Å². The number of aromatic amines is 1. The number of urea groups is 1. The molecule has 0 spiro atoms. The Balaban J connectivity index is 1.33. The van der Waals surface area contributed by atoms with Gasteiger partial charge < -0.3 is 15.5 Å². The summed E-state index contributed by atoms with van der Waals surface area (Å²) in [6.45, 7) is 1.68. The number of carbonyl (C=O) groups is 2.